The third-order valence-electron chi connectivity index (χ3n) is 5.03. The summed E-state index contributed by atoms with van der Waals surface area (Å²) in [6.45, 7) is 7.89. The predicted octanol–water partition coefficient (Wildman–Crippen LogP) is 5.77. The molecule has 0 fully saturated rings. The Hall–Kier alpha value is -4.39. The lowest BCUT2D eigenvalue weighted by molar-refractivity contribution is 0.0699. The largest absolute Gasteiger partial charge is 0.478 e. The van der Waals surface area contributed by atoms with E-state index in [1.165, 1.54) is 12.3 Å². The number of furan rings is 1. The van der Waals surface area contributed by atoms with Crippen molar-refractivity contribution in [1.29, 1.82) is 0 Å². The number of rotatable bonds is 8. The van der Waals surface area contributed by atoms with Crippen LogP contribution in [0.3, 0.4) is 0 Å². The average Bonchev–Trinajstić information content (AvgIpc) is 3.46. The highest BCUT2D eigenvalue weighted by atomic mass is 16.5. The minimum atomic E-state index is -1.04. The molecule has 0 radical (unpaired) electrons. The summed E-state index contributed by atoms with van der Waals surface area (Å²) in [6.07, 6.45) is 8.80. The number of fused-ring (bicyclic) bond motifs is 1. The van der Waals surface area contributed by atoms with Crippen molar-refractivity contribution in [3.63, 3.8) is 0 Å². The van der Waals surface area contributed by atoms with Crippen LogP contribution < -0.4 is 4.74 Å². The molecule has 0 atom stereocenters. The second kappa shape index (κ2) is 9.40. The Balaban J connectivity index is 1.68. The number of hydrogen-bond donors (Lipinski definition) is 1. The summed E-state index contributed by atoms with van der Waals surface area (Å²) < 4.78 is 13.0. The predicted molar refractivity (Wildman–Crippen MR) is 126 cm³/mol. The topological polar surface area (TPSA) is 90.4 Å². The Morgan fingerprint density at radius 3 is 2.70 bits per heavy atom. The van der Waals surface area contributed by atoms with Crippen molar-refractivity contribution < 1.29 is 19.1 Å². The van der Waals surface area contributed by atoms with Crippen LogP contribution in [-0.2, 0) is 6.54 Å². The number of aromatic nitrogens is 3. The summed E-state index contributed by atoms with van der Waals surface area (Å²) in [5.74, 6) is 0.784. The van der Waals surface area contributed by atoms with Crippen LogP contribution in [0.15, 0.2) is 89.8 Å². The summed E-state index contributed by atoms with van der Waals surface area (Å²) in [5.41, 5.74) is 2.64. The van der Waals surface area contributed by atoms with Gasteiger partial charge < -0.3 is 14.3 Å². The highest BCUT2D eigenvalue weighted by Crippen LogP contribution is 2.28. The van der Waals surface area contributed by atoms with Crippen LogP contribution in [0.5, 0.6) is 5.75 Å². The molecule has 4 rings (SSSR count). The standard InChI is InChI=1S/C26H23N3O4/c1-4-6-8-19(5-2)33-20-12-10-18(11-13-20)16-29-25-24(17(3)28-29)21(26(30)31)15-22(27-25)23-9-7-14-32-23/h4-15H,2,16H2,1,3H3,(H,30,31)/b6-4-,19-8+. The molecule has 0 amide bonds. The second-order valence-electron chi connectivity index (χ2n) is 7.32. The number of hydrogen-bond acceptors (Lipinski definition) is 5. The van der Waals surface area contributed by atoms with Crippen molar-refractivity contribution in [2.24, 2.45) is 0 Å². The number of carboxylic acids is 1. The van der Waals surface area contributed by atoms with Gasteiger partial charge in [0.25, 0.3) is 0 Å². The number of carboxylic acid groups (broad SMARTS) is 1. The molecule has 0 aliphatic carbocycles. The van der Waals surface area contributed by atoms with Gasteiger partial charge in [0.2, 0.25) is 0 Å². The van der Waals surface area contributed by atoms with E-state index < -0.39 is 5.97 Å². The molecule has 3 heterocycles. The Bertz CT molecular complexity index is 1360. The lowest BCUT2D eigenvalue weighted by Gasteiger charge is -2.08. The summed E-state index contributed by atoms with van der Waals surface area (Å²) in [5, 5.41) is 14.9. The van der Waals surface area contributed by atoms with E-state index >= 15 is 0 Å². The lowest BCUT2D eigenvalue weighted by atomic mass is 10.1. The van der Waals surface area contributed by atoms with E-state index in [0.29, 0.717) is 46.2 Å². The molecule has 0 saturated heterocycles. The molecule has 3 aromatic heterocycles. The van der Waals surface area contributed by atoms with Crippen LogP contribution >= 0.6 is 0 Å². The fourth-order valence-electron chi connectivity index (χ4n) is 3.49. The Morgan fingerprint density at radius 1 is 1.27 bits per heavy atom. The number of aromatic carboxylic acids is 1. The maximum Gasteiger partial charge on any atom is 0.336 e. The van der Waals surface area contributed by atoms with E-state index in [4.69, 9.17) is 9.15 Å². The summed E-state index contributed by atoms with van der Waals surface area (Å²) in [6, 6.07) is 12.6. The van der Waals surface area contributed by atoms with Crippen LogP contribution in [0.2, 0.25) is 0 Å². The molecule has 4 aromatic rings. The van der Waals surface area contributed by atoms with Gasteiger partial charge in [-0.15, -0.1) is 0 Å². The van der Waals surface area contributed by atoms with E-state index in [1.807, 2.05) is 49.4 Å². The maximum absolute atomic E-state index is 11.9. The molecule has 7 heteroatoms. The molecular weight excluding hydrogens is 418 g/mol. The molecule has 166 valence electrons. The zero-order valence-corrected chi connectivity index (χ0v) is 18.4. The molecule has 1 N–H and O–H groups in total. The fourth-order valence-corrected chi connectivity index (χ4v) is 3.49. The van der Waals surface area contributed by atoms with Crippen LogP contribution in [0, 0.1) is 6.92 Å². The second-order valence-corrected chi connectivity index (χ2v) is 7.32. The van der Waals surface area contributed by atoms with Crippen molar-refractivity contribution in [3.8, 4) is 17.2 Å². The van der Waals surface area contributed by atoms with Gasteiger partial charge in [-0.05, 0) is 61.9 Å². The minimum absolute atomic E-state index is 0.142. The Labute approximate surface area is 190 Å². The molecule has 0 bridgehead atoms. The SMILES string of the molecule is C=C/C(=C\C=C/C)Oc1ccc(Cn2nc(C)c3c(C(=O)O)cc(-c4ccco4)nc32)cc1. The fraction of sp³-hybridized carbons (Fsp3) is 0.115. The van der Waals surface area contributed by atoms with Gasteiger partial charge in [-0.25, -0.2) is 14.5 Å². The van der Waals surface area contributed by atoms with Gasteiger partial charge in [0.1, 0.15) is 17.2 Å². The van der Waals surface area contributed by atoms with Crippen molar-refractivity contribution in [2.45, 2.75) is 20.4 Å². The minimum Gasteiger partial charge on any atom is -0.478 e. The third kappa shape index (κ3) is 4.62. The van der Waals surface area contributed by atoms with E-state index in [0.717, 1.165) is 5.56 Å². The van der Waals surface area contributed by atoms with E-state index in [2.05, 4.69) is 16.7 Å². The first-order chi connectivity index (χ1) is 16.0. The average molecular weight is 441 g/mol. The van der Waals surface area contributed by atoms with Crippen molar-refractivity contribution >= 4 is 17.0 Å². The highest BCUT2D eigenvalue weighted by molar-refractivity contribution is 6.04. The van der Waals surface area contributed by atoms with Gasteiger partial charge in [-0.3, -0.25) is 0 Å². The van der Waals surface area contributed by atoms with Crippen LogP contribution in [0.1, 0.15) is 28.5 Å². The smallest absolute Gasteiger partial charge is 0.336 e. The molecule has 0 aliphatic heterocycles. The van der Waals surface area contributed by atoms with Gasteiger partial charge >= 0.3 is 5.97 Å². The van der Waals surface area contributed by atoms with Crippen LogP contribution in [0.4, 0.5) is 0 Å². The van der Waals surface area contributed by atoms with Crippen LogP contribution in [0.25, 0.3) is 22.5 Å². The number of aryl methyl sites for hydroxylation is 1. The van der Waals surface area contributed by atoms with Crippen molar-refractivity contribution in [3.05, 3.63) is 102 Å². The molecule has 0 unspecified atom stereocenters. The molecule has 7 nitrogen and oxygen atoms in total. The van der Waals surface area contributed by atoms with Crippen LogP contribution in [-0.4, -0.2) is 25.8 Å². The number of pyridine rings is 1. The van der Waals surface area contributed by atoms with Gasteiger partial charge in [-0.2, -0.15) is 5.10 Å². The number of carbonyl (C=O) groups is 1. The van der Waals surface area contributed by atoms with Crippen molar-refractivity contribution in [2.75, 3.05) is 0 Å². The summed E-state index contributed by atoms with van der Waals surface area (Å²) >= 11 is 0. The first-order valence-electron chi connectivity index (χ1n) is 10.4. The number of allylic oxidation sites excluding steroid dienone is 4. The zero-order chi connectivity index (χ0) is 23.4. The van der Waals surface area contributed by atoms with E-state index in [9.17, 15) is 9.90 Å². The van der Waals surface area contributed by atoms with E-state index in [1.54, 1.807) is 29.8 Å². The lowest BCUT2D eigenvalue weighted by Crippen LogP contribution is -2.05. The quantitative estimate of drug-likeness (QED) is 0.276. The number of ether oxygens (including phenoxy) is 1. The number of benzene rings is 1. The normalized spacial score (nSPS) is 11.9. The van der Waals surface area contributed by atoms with E-state index in [-0.39, 0.29) is 5.56 Å². The molecular formula is C26H23N3O4. The van der Waals surface area contributed by atoms with Gasteiger partial charge in [0.05, 0.1) is 29.5 Å². The molecule has 0 aliphatic rings. The van der Waals surface area contributed by atoms with Crippen molar-refractivity contribution in [1.82, 2.24) is 14.8 Å². The molecule has 1 aromatic carbocycles. The van der Waals surface area contributed by atoms with Gasteiger partial charge in [0, 0.05) is 0 Å². The molecule has 0 spiro atoms. The Morgan fingerprint density at radius 2 is 2.06 bits per heavy atom. The molecule has 33 heavy (non-hydrogen) atoms. The monoisotopic (exact) mass is 441 g/mol. The summed E-state index contributed by atoms with van der Waals surface area (Å²) in [4.78, 5) is 16.6. The molecule has 0 saturated carbocycles. The first-order valence-corrected chi connectivity index (χ1v) is 10.4. The Kier molecular flexibility index (Phi) is 6.22. The van der Waals surface area contributed by atoms with Gasteiger partial charge in [0.15, 0.2) is 11.4 Å². The first kappa shape index (κ1) is 21.8. The highest BCUT2D eigenvalue weighted by Gasteiger charge is 2.20. The zero-order valence-electron chi connectivity index (χ0n) is 18.4. The van der Waals surface area contributed by atoms with Gasteiger partial charge in [-0.1, -0.05) is 30.9 Å². The number of nitrogens with zero attached hydrogens (tertiary/aromatic N) is 3. The maximum atomic E-state index is 11.9. The third-order valence-corrected chi connectivity index (χ3v) is 5.03. The summed E-state index contributed by atoms with van der Waals surface area (Å²) in [7, 11) is 0.